The molecule has 2 aliphatic rings. The summed E-state index contributed by atoms with van der Waals surface area (Å²) >= 11 is 0. The second kappa shape index (κ2) is 8.25. The molecule has 5 nitrogen and oxygen atoms in total. The minimum atomic E-state index is -2.53. The van der Waals surface area contributed by atoms with Crippen molar-refractivity contribution in [1.82, 2.24) is 4.98 Å². The van der Waals surface area contributed by atoms with Crippen molar-refractivity contribution in [3.05, 3.63) is 40.4 Å². The fourth-order valence-electron chi connectivity index (χ4n) is 3.96. The lowest BCUT2D eigenvalue weighted by molar-refractivity contribution is -0.119. The van der Waals surface area contributed by atoms with Crippen molar-refractivity contribution in [3.8, 4) is 0 Å². The van der Waals surface area contributed by atoms with Gasteiger partial charge >= 0.3 is 0 Å². The molecule has 146 valence electrons. The number of aliphatic hydroxyl groups excluding tert-OH is 1. The van der Waals surface area contributed by atoms with Crippen molar-refractivity contribution in [1.29, 1.82) is 0 Å². The number of rotatable bonds is 8. The van der Waals surface area contributed by atoms with Gasteiger partial charge in [-0.1, -0.05) is 0 Å². The highest BCUT2D eigenvalue weighted by atomic mass is 19.3. The zero-order valence-electron chi connectivity index (χ0n) is 15.2. The fourth-order valence-corrected chi connectivity index (χ4v) is 3.96. The average molecular weight is 379 g/mol. The van der Waals surface area contributed by atoms with Crippen LogP contribution >= 0.6 is 0 Å². The van der Waals surface area contributed by atoms with E-state index in [-0.39, 0.29) is 40.2 Å². The summed E-state index contributed by atoms with van der Waals surface area (Å²) in [7, 11) is 1.55. The minimum Gasteiger partial charge on any atom is -0.511 e. The number of carbonyl (C=O) groups excluding carboxylic acids is 2. The molecule has 1 N–H and O–H groups in total. The van der Waals surface area contributed by atoms with Crippen LogP contribution in [0.15, 0.2) is 23.5 Å². The molecular formula is C20H23F2NO4. The van der Waals surface area contributed by atoms with Gasteiger partial charge in [0.15, 0.2) is 5.78 Å². The number of halogens is 2. The van der Waals surface area contributed by atoms with Crippen LogP contribution in [0.25, 0.3) is 0 Å². The first kappa shape index (κ1) is 19.6. The van der Waals surface area contributed by atoms with E-state index in [0.717, 1.165) is 0 Å². The van der Waals surface area contributed by atoms with Crippen LogP contribution in [0.3, 0.4) is 0 Å². The fraction of sp³-hybridized carbons (Fsp3) is 0.550. The summed E-state index contributed by atoms with van der Waals surface area (Å²) in [4.78, 5) is 29.9. The third kappa shape index (κ3) is 4.08. The molecule has 1 saturated carbocycles. The monoisotopic (exact) mass is 379 g/mol. The molecule has 1 fully saturated rings. The van der Waals surface area contributed by atoms with Crippen LogP contribution in [0.5, 0.6) is 0 Å². The van der Waals surface area contributed by atoms with Crippen molar-refractivity contribution >= 4 is 11.6 Å². The number of hydrogen-bond acceptors (Lipinski definition) is 5. The first-order valence-corrected chi connectivity index (χ1v) is 9.20. The predicted octanol–water partition coefficient (Wildman–Crippen LogP) is 3.46. The number of ketones is 2. The Hall–Kier alpha value is -2.15. The van der Waals surface area contributed by atoms with E-state index in [1.807, 2.05) is 0 Å². The third-order valence-corrected chi connectivity index (χ3v) is 5.32. The normalized spacial score (nSPS) is 22.0. The second-order valence-electron chi connectivity index (χ2n) is 7.15. The third-order valence-electron chi connectivity index (χ3n) is 5.32. The number of ether oxygens (including phenoxy) is 1. The minimum absolute atomic E-state index is 0.127. The Kier molecular flexibility index (Phi) is 5.99. The van der Waals surface area contributed by atoms with Gasteiger partial charge in [-0.05, 0) is 44.2 Å². The lowest BCUT2D eigenvalue weighted by atomic mass is 9.82. The Morgan fingerprint density at radius 1 is 1.33 bits per heavy atom. The number of methoxy groups -OCH3 is 1. The molecule has 0 aliphatic heterocycles. The largest absolute Gasteiger partial charge is 0.511 e. The van der Waals surface area contributed by atoms with Crippen molar-refractivity contribution < 1.29 is 28.2 Å². The Balaban J connectivity index is 1.95. The zero-order chi connectivity index (χ0) is 19.6. The predicted molar refractivity (Wildman–Crippen MR) is 94.0 cm³/mol. The van der Waals surface area contributed by atoms with Crippen molar-refractivity contribution in [2.24, 2.45) is 11.8 Å². The molecule has 7 heteroatoms. The second-order valence-corrected chi connectivity index (χ2v) is 7.15. The molecule has 2 bridgehead atoms. The number of fused-ring (bicyclic) bond motifs is 2. The average Bonchev–Trinajstić information content (AvgIpc) is 3.07. The maximum Gasteiger partial charge on any atom is 0.244 e. The van der Waals surface area contributed by atoms with E-state index in [0.29, 0.717) is 44.4 Å². The van der Waals surface area contributed by atoms with E-state index in [9.17, 15) is 23.5 Å². The SMILES string of the molecule is COCCCc1nc(CC(F)F)ccc1C(=O)C1=C(O)C2CCC(C2)C1=O. The van der Waals surface area contributed by atoms with Crippen LogP contribution in [0, 0.1) is 11.8 Å². The Labute approximate surface area is 156 Å². The number of Topliss-reactive ketones (excluding diaryl/α,β-unsaturated/α-hetero) is 2. The molecule has 2 aliphatic carbocycles. The van der Waals surface area contributed by atoms with Gasteiger partial charge < -0.3 is 9.84 Å². The molecule has 3 rings (SSSR count). The molecule has 27 heavy (non-hydrogen) atoms. The molecule has 1 heterocycles. The molecule has 2 atom stereocenters. The van der Waals surface area contributed by atoms with E-state index in [4.69, 9.17) is 4.74 Å². The number of nitrogens with zero attached hydrogens (tertiary/aromatic N) is 1. The summed E-state index contributed by atoms with van der Waals surface area (Å²) < 4.78 is 30.4. The summed E-state index contributed by atoms with van der Waals surface area (Å²) in [5.74, 6) is -1.36. The van der Waals surface area contributed by atoms with Gasteiger partial charge in [-0.15, -0.1) is 0 Å². The summed E-state index contributed by atoms with van der Waals surface area (Å²) in [5.41, 5.74) is 0.605. The summed E-state index contributed by atoms with van der Waals surface area (Å²) in [6, 6.07) is 2.83. The van der Waals surface area contributed by atoms with Gasteiger partial charge in [0, 0.05) is 36.8 Å². The molecule has 1 aromatic rings. The molecule has 0 aromatic carbocycles. The van der Waals surface area contributed by atoms with E-state index >= 15 is 0 Å². The maximum absolute atomic E-state index is 13.1. The summed E-state index contributed by atoms with van der Waals surface area (Å²) in [5, 5.41) is 10.4. The Morgan fingerprint density at radius 2 is 2.07 bits per heavy atom. The van der Waals surface area contributed by atoms with Gasteiger partial charge in [0.05, 0.1) is 12.1 Å². The molecular weight excluding hydrogens is 356 g/mol. The number of alkyl halides is 2. The van der Waals surface area contributed by atoms with Gasteiger partial charge in [0.25, 0.3) is 0 Å². The van der Waals surface area contributed by atoms with Crippen molar-refractivity contribution in [2.75, 3.05) is 13.7 Å². The van der Waals surface area contributed by atoms with Crippen LogP contribution < -0.4 is 0 Å². The lowest BCUT2D eigenvalue weighted by Gasteiger charge is -2.21. The van der Waals surface area contributed by atoms with Crippen LogP contribution in [0.4, 0.5) is 8.78 Å². The van der Waals surface area contributed by atoms with E-state index in [1.54, 1.807) is 7.11 Å². The number of pyridine rings is 1. The van der Waals surface area contributed by atoms with Crippen molar-refractivity contribution in [3.63, 3.8) is 0 Å². The van der Waals surface area contributed by atoms with Gasteiger partial charge in [0.2, 0.25) is 12.2 Å². The van der Waals surface area contributed by atoms with Gasteiger partial charge in [-0.25, -0.2) is 8.78 Å². The van der Waals surface area contributed by atoms with Crippen LogP contribution in [-0.2, 0) is 22.4 Å². The summed E-state index contributed by atoms with van der Waals surface area (Å²) in [6.07, 6.45) is -0.140. The smallest absolute Gasteiger partial charge is 0.244 e. The molecule has 0 radical (unpaired) electrons. The molecule has 1 aromatic heterocycles. The van der Waals surface area contributed by atoms with Gasteiger partial charge in [-0.2, -0.15) is 0 Å². The highest BCUT2D eigenvalue weighted by Crippen LogP contribution is 2.43. The highest BCUT2D eigenvalue weighted by molar-refractivity contribution is 6.28. The number of aliphatic hydroxyl groups is 1. The van der Waals surface area contributed by atoms with Crippen LogP contribution in [-0.4, -0.2) is 41.8 Å². The van der Waals surface area contributed by atoms with Gasteiger partial charge in [0.1, 0.15) is 11.3 Å². The number of allylic oxidation sites excluding steroid dienone is 2. The zero-order valence-corrected chi connectivity index (χ0v) is 15.2. The lowest BCUT2D eigenvalue weighted by Crippen LogP contribution is -2.28. The van der Waals surface area contributed by atoms with Crippen LogP contribution in [0.1, 0.15) is 47.4 Å². The van der Waals surface area contributed by atoms with E-state index < -0.39 is 18.6 Å². The number of aromatic nitrogens is 1. The number of carbonyl (C=O) groups is 2. The molecule has 0 amide bonds. The highest BCUT2D eigenvalue weighted by Gasteiger charge is 2.43. The number of aryl methyl sites for hydroxylation is 1. The van der Waals surface area contributed by atoms with E-state index in [2.05, 4.69) is 4.98 Å². The molecule has 0 spiro atoms. The Bertz CT molecular complexity index is 775. The Morgan fingerprint density at radius 3 is 2.78 bits per heavy atom. The van der Waals surface area contributed by atoms with Crippen molar-refractivity contribution in [2.45, 2.75) is 45.0 Å². The van der Waals surface area contributed by atoms with E-state index in [1.165, 1.54) is 12.1 Å². The quantitative estimate of drug-likeness (QED) is 0.425. The number of hydrogen-bond donors (Lipinski definition) is 1. The molecule has 0 saturated heterocycles. The topological polar surface area (TPSA) is 76.5 Å². The standard InChI is InChI=1S/C20H23F2NO4/c1-27-8-2-3-15-14(7-6-13(23-15)10-16(21)22)20(26)17-18(24)11-4-5-12(9-11)19(17)25/h6-7,11-12,16,24H,2-5,8-10H2,1H3. The van der Waals surface area contributed by atoms with Crippen LogP contribution in [0.2, 0.25) is 0 Å². The maximum atomic E-state index is 13.1. The first-order chi connectivity index (χ1) is 12.9. The van der Waals surface area contributed by atoms with Gasteiger partial charge in [-0.3, -0.25) is 14.6 Å². The first-order valence-electron chi connectivity index (χ1n) is 9.20. The molecule has 2 unspecified atom stereocenters. The summed E-state index contributed by atoms with van der Waals surface area (Å²) in [6.45, 7) is 0.436.